The van der Waals surface area contributed by atoms with Crippen LogP contribution in [-0.4, -0.2) is 48.0 Å². The highest BCUT2D eigenvalue weighted by Crippen LogP contribution is 2.41. The normalized spacial score (nSPS) is 19.9. The summed E-state index contributed by atoms with van der Waals surface area (Å²) in [5.41, 5.74) is -0.646. The van der Waals surface area contributed by atoms with Crippen LogP contribution in [0.4, 0.5) is 10.1 Å². The number of ether oxygens (including phenoxy) is 2. The summed E-state index contributed by atoms with van der Waals surface area (Å²) >= 11 is 0. The molecule has 126 valence electrons. The maximum absolute atomic E-state index is 14.0. The lowest BCUT2D eigenvalue weighted by Gasteiger charge is -2.32. The minimum Gasteiger partial charge on any atom is -0.454 e. The molecule has 2 heterocycles. The minimum atomic E-state index is -1.02. The average molecular weight is 335 g/mol. The molecule has 9 heteroatoms. The second-order valence-electron chi connectivity index (χ2n) is 6.10. The van der Waals surface area contributed by atoms with E-state index in [1.165, 1.54) is 11.0 Å². The molecule has 0 radical (unpaired) electrons. The number of nitrogens with zero attached hydrogens (tertiary/aromatic N) is 1. The number of carbonyl (C=O) groups excluding carboxylic acids is 3. The molecule has 1 saturated carbocycles. The highest BCUT2D eigenvalue weighted by molar-refractivity contribution is 6.40. The van der Waals surface area contributed by atoms with Gasteiger partial charge >= 0.3 is 11.8 Å². The fraction of sp³-hybridized carbons (Fsp3) is 0.400. The fourth-order valence-corrected chi connectivity index (χ4v) is 2.92. The lowest BCUT2D eigenvalue weighted by Crippen LogP contribution is -2.59. The van der Waals surface area contributed by atoms with E-state index in [0.29, 0.717) is 0 Å². The summed E-state index contributed by atoms with van der Waals surface area (Å²) in [5, 5.41) is 5.05. The van der Waals surface area contributed by atoms with Gasteiger partial charge in [-0.05, 0) is 25.0 Å². The van der Waals surface area contributed by atoms with Crippen LogP contribution in [0.2, 0.25) is 0 Å². The monoisotopic (exact) mass is 335 g/mol. The Hall–Kier alpha value is -2.84. The van der Waals surface area contributed by atoms with Crippen LogP contribution in [0, 0.1) is 5.82 Å². The summed E-state index contributed by atoms with van der Waals surface area (Å²) in [6.45, 7) is -0.00655. The van der Waals surface area contributed by atoms with E-state index in [1.807, 2.05) is 0 Å². The van der Waals surface area contributed by atoms with Gasteiger partial charge in [0, 0.05) is 6.54 Å². The molecule has 8 nitrogen and oxygen atoms in total. The molecule has 1 aromatic rings. The molecule has 3 aliphatic rings. The van der Waals surface area contributed by atoms with Crippen molar-refractivity contribution in [2.45, 2.75) is 18.4 Å². The third-order valence-corrected chi connectivity index (χ3v) is 4.29. The summed E-state index contributed by atoms with van der Waals surface area (Å²) < 4.78 is 24.2. The Morgan fingerprint density at radius 3 is 2.83 bits per heavy atom. The number of piperazine rings is 1. The van der Waals surface area contributed by atoms with Crippen LogP contribution in [0.1, 0.15) is 12.8 Å². The summed E-state index contributed by atoms with van der Waals surface area (Å²) in [7, 11) is 0. The number of carbonyl (C=O) groups is 3. The number of hydrogen-bond donors (Lipinski definition) is 2. The van der Waals surface area contributed by atoms with E-state index in [1.54, 1.807) is 0 Å². The Bertz CT molecular complexity index is 762. The predicted octanol–water partition coefficient (Wildman–Crippen LogP) is -0.0161. The minimum absolute atomic E-state index is 0.0474. The number of rotatable bonds is 1. The molecule has 0 unspecified atom stereocenters. The SMILES string of the molecule is O=C1CN(C(=O)C(=O)Nc2c(F)ccc3c2OCO3)CC2(CC2)N1. The van der Waals surface area contributed by atoms with E-state index in [2.05, 4.69) is 10.6 Å². The van der Waals surface area contributed by atoms with Gasteiger partial charge in [0.05, 0.1) is 5.54 Å². The molecule has 0 bridgehead atoms. The molecule has 0 aromatic heterocycles. The molecule has 1 spiro atoms. The van der Waals surface area contributed by atoms with Gasteiger partial charge in [-0.25, -0.2) is 4.39 Å². The van der Waals surface area contributed by atoms with Crippen LogP contribution in [-0.2, 0) is 14.4 Å². The molecule has 0 atom stereocenters. The second kappa shape index (κ2) is 5.08. The molecule has 2 fully saturated rings. The first-order valence-electron chi connectivity index (χ1n) is 7.47. The zero-order valence-corrected chi connectivity index (χ0v) is 12.6. The zero-order chi connectivity index (χ0) is 16.9. The summed E-state index contributed by atoms with van der Waals surface area (Å²) in [6, 6.07) is 2.49. The number of amides is 3. The van der Waals surface area contributed by atoms with E-state index >= 15 is 0 Å². The van der Waals surface area contributed by atoms with Crippen LogP contribution in [0.15, 0.2) is 12.1 Å². The van der Waals surface area contributed by atoms with E-state index in [4.69, 9.17) is 9.47 Å². The van der Waals surface area contributed by atoms with Crippen molar-refractivity contribution in [3.05, 3.63) is 17.9 Å². The number of hydrogen-bond acceptors (Lipinski definition) is 5. The number of anilines is 1. The Morgan fingerprint density at radius 2 is 2.08 bits per heavy atom. The highest BCUT2D eigenvalue weighted by atomic mass is 19.1. The molecule has 2 aliphatic heterocycles. The maximum Gasteiger partial charge on any atom is 0.314 e. The maximum atomic E-state index is 14.0. The van der Waals surface area contributed by atoms with Gasteiger partial charge in [-0.15, -0.1) is 0 Å². The summed E-state index contributed by atoms with van der Waals surface area (Å²) in [5.74, 6) is -2.62. The van der Waals surface area contributed by atoms with Crippen molar-refractivity contribution in [2.75, 3.05) is 25.2 Å². The Labute approximate surface area is 135 Å². The predicted molar refractivity (Wildman–Crippen MR) is 77.8 cm³/mol. The van der Waals surface area contributed by atoms with Crippen LogP contribution in [0.3, 0.4) is 0 Å². The molecule has 2 N–H and O–H groups in total. The van der Waals surface area contributed by atoms with Gasteiger partial charge in [0.2, 0.25) is 12.7 Å². The van der Waals surface area contributed by atoms with Crippen molar-refractivity contribution in [3.8, 4) is 11.5 Å². The first-order valence-corrected chi connectivity index (χ1v) is 7.47. The number of halogens is 1. The molecular weight excluding hydrogens is 321 g/mol. The van der Waals surface area contributed by atoms with Gasteiger partial charge in [0.1, 0.15) is 12.2 Å². The van der Waals surface area contributed by atoms with Crippen molar-refractivity contribution in [2.24, 2.45) is 0 Å². The van der Waals surface area contributed by atoms with Crippen molar-refractivity contribution in [1.29, 1.82) is 0 Å². The lowest BCUT2D eigenvalue weighted by atomic mass is 10.1. The van der Waals surface area contributed by atoms with Crippen LogP contribution in [0.5, 0.6) is 11.5 Å². The molecule has 1 aromatic carbocycles. The van der Waals surface area contributed by atoms with Gasteiger partial charge in [0.15, 0.2) is 17.3 Å². The van der Waals surface area contributed by atoms with E-state index in [0.717, 1.165) is 18.9 Å². The van der Waals surface area contributed by atoms with Gasteiger partial charge < -0.3 is 25.0 Å². The van der Waals surface area contributed by atoms with Crippen molar-refractivity contribution >= 4 is 23.4 Å². The van der Waals surface area contributed by atoms with Gasteiger partial charge in [-0.3, -0.25) is 14.4 Å². The largest absolute Gasteiger partial charge is 0.454 e. The molecule has 1 saturated heterocycles. The van der Waals surface area contributed by atoms with E-state index in [-0.39, 0.29) is 43.0 Å². The topological polar surface area (TPSA) is 97.0 Å². The van der Waals surface area contributed by atoms with Crippen LogP contribution in [0.25, 0.3) is 0 Å². The van der Waals surface area contributed by atoms with Crippen molar-refractivity contribution in [3.63, 3.8) is 0 Å². The molecule has 3 amide bonds. The second-order valence-corrected chi connectivity index (χ2v) is 6.10. The number of fused-ring (bicyclic) bond motifs is 1. The third-order valence-electron chi connectivity index (χ3n) is 4.29. The van der Waals surface area contributed by atoms with Gasteiger partial charge in [-0.1, -0.05) is 0 Å². The summed E-state index contributed by atoms with van der Waals surface area (Å²) in [4.78, 5) is 37.4. The number of benzene rings is 1. The van der Waals surface area contributed by atoms with E-state index < -0.39 is 23.2 Å². The molecule has 4 rings (SSSR count). The van der Waals surface area contributed by atoms with Crippen molar-refractivity contribution < 1.29 is 28.2 Å². The van der Waals surface area contributed by atoms with Gasteiger partial charge in [0.25, 0.3) is 0 Å². The van der Waals surface area contributed by atoms with Crippen LogP contribution < -0.4 is 20.1 Å². The van der Waals surface area contributed by atoms with Crippen molar-refractivity contribution in [1.82, 2.24) is 10.2 Å². The smallest absolute Gasteiger partial charge is 0.314 e. The lowest BCUT2D eigenvalue weighted by molar-refractivity contribution is -0.147. The molecule has 24 heavy (non-hydrogen) atoms. The standard InChI is InChI=1S/C15H14FN3O5/c16-8-1-2-9-12(24-7-23-9)11(8)17-13(21)14(22)19-5-10(20)18-15(6-19)3-4-15/h1-2H,3-7H2,(H,17,21)(H,18,20). The Morgan fingerprint density at radius 1 is 1.29 bits per heavy atom. The zero-order valence-electron chi connectivity index (χ0n) is 12.6. The molecule has 1 aliphatic carbocycles. The molecular formula is C15H14FN3O5. The average Bonchev–Trinajstić information content (AvgIpc) is 3.10. The first-order chi connectivity index (χ1) is 11.5. The third kappa shape index (κ3) is 2.41. The highest BCUT2D eigenvalue weighted by Gasteiger charge is 2.50. The Balaban J connectivity index is 1.51. The quantitative estimate of drug-likeness (QED) is 0.703. The Kier molecular flexibility index (Phi) is 3.12. The van der Waals surface area contributed by atoms with Gasteiger partial charge in [-0.2, -0.15) is 0 Å². The number of nitrogens with one attached hydrogen (secondary N) is 2. The van der Waals surface area contributed by atoms with E-state index in [9.17, 15) is 18.8 Å². The first kappa shape index (κ1) is 14.7. The fourth-order valence-electron chi connectivity index (χ4n) is 2.92. The van der Waals surface area contributed by atoms with Crippen LogP contribution >= 0.6 is 0 Å². The summed E-state index contributed by atoms with van der Waals surface area (Å²) in [6.07, 6.45) is 1.55.